The third-order valence-corrected chi connectivity index (χ3v) is 3.29. The van der Waals surface area contributed by atoms with Crippen LogP contribution in [0.5, 0.6) is 0 Å². The number of amides is 1. The van der Waals surface area contributed by atoms with Gasteiger partial charge in [-0.3, -0.25) is 4.79 Å². The van der Waals surface area contributed by atoms with Crippen LogP contribution in [-0.4, -0.2) is 41.4 Å². The Balaban J connectivity index is 2.07. The molecule has 0 aliphatic carbocycles. The van der Waals surface area contributed by atoms with E-state index in [1.807, 2.05) is 0 Å². The molecule has 1 aromatic rings. The number of rotatable bonds is 4. The number of nitrogens with zero attached hydrogens (tertiary/aromatic N) is 2. The first-order chi connectivity index (χ1) is 8.61. The van der Waals surface area contributed by atoms with Gasteiger partial charge in [-0.05, 0) is 31.0 Å². The molecule has 0 saturated carbocycles. The van der Waals surface area contributed by atoms with Crippen molar-refractivity contribution < 1.29 is 13.6 Å². The highest BCUT2D eigenvalue weighted by atomic mass is 19.3. The molecular formula is C12H17F2N3O. The Labute approximate surface area is 104 Å². The van der Waals surface area contributed by atoms with Gasteiger partial charge in [0, 0.05) is 19.3 Å². The van der Waals surface area contributed by atoms with Crippen molar-refractivity contribution in [2.24, 2.45) is 11.7 Å². The van der Waals surface area contributed by atoms with E-state index >= 15 is 0 Å². The lowest BCUT2D eigenvalue weighted by Crippen LogP contribution is -2.31. The van der Waals surface area contributed by atoms with E-state index in [-0.39, 0.29) is 5.91 Å². The minimum Gasteiger partial charge on any atom is -0.338 e. The maximum Gasteiger partial charge on any atom is 0.270 e. The van der Waals surface area contributed by atoms with E-state index in [1.54, 1.807) is 17.0 Å². The van der Waals surface area contributed by atoms with Crippen LogP contribution in [0.15, 0.2) is 18.3 Å². The fourth-order valence-electron chi connectivity index (χ4n) is 2.29. The first-order valence-corrected chi connectivity index (χ1v) is 6.04. The summed E-state index contributed by atoms with van der Waals surface area (Å²) in [6.45, 7) is 1.39. The standard InChI is InChI=1S/C12H17F2N3O/c13-11(14)8-16-4-1-2-10(16)12(18)17-5-3-9(6-15)7-17/h1-2,4,9,11H,3,5-8,15H2. The molecule has 0 spiro atoms. The number of alkyl halides is 2. The van der Waals surface area contributed by atoms with Crippen LogP contribution < -0.4 is 5.73 Å². The SMILES string of the molecule is NCC1CCN(C(=O)c2cccn2CC(F)F)C1. The Morgan fingerprint density at radius 2 is 2.33 bits per heavy atom. The summed E-state index contributed by atoms with van der Waals surface area (Å²) in [6, 6.07) is 3.20. The van der Waals surface area contributed by atoms with Gasteiger partial charge in [0.15, 0.2) is 0 Å². The van der Waals surface area contributed by atoms with Crippen LogP contribution >= 0.6 is 0 Å². The van der Waals surface area contributed by atoms with Gasteiger partial charge in [0.1, 0.15) is 5.69 Å². The van der Waals surface area contributed by atoms with Crippen molar-refractivity contribution in [1.82, 2.24) is 9.47 Å². The van der Waals surface area contributed by atoms with Crippen molar-refractivity contribution >= 4 is 5.91 Å². The molecule has 6 heteroatoms. The quantitative estimate of drug-likeness (QED) is 0.880. The van der Waals surface area contributed by atoms with Crippen LogP contribution in [0.4, 0.5) is 8.78 Å². The third kappa shape index (κ3) is 2.69. The van der Waals surface area contributed by atoms with E-state index in [9.17, 15) is 13.6 Å². The number of likely N-dealkylation sites (tertiary alicyclic amines) is 1. The van der Waals surface area contributed by atoms with Crippen LogP contribution in [0.25, 0.3) is 0 Å². The Kier molecular flexibility index (Phi) is 3.96. The van der Waals surface area contributed by atoms with Crippen molar-refractivity contribution in [2.45, 2.75) is 19.4 Å². The molecule has 0 radical (unpaired) electrons. The summed E-state index contributed by atoms with van der Waals surface area (Å²) in [5.74, 6) is 0.143. The van der Waals surface area contributed by atoms with E-state index in [1.165, 1.54) is 10.8 Å². The molecule has 1 unspecified atom stereocenters. The van der Waals surface area contributed by atoms with Gasteiger partial charge in [-0.15, -0.1) is 0 Å². The Bertz CT molecular complexity index is 419. The van der Waals surface area contributed by atoms with E-state index in [0.717, 1.165) is 6.42 Å². The number of halogens is 2. The molecule has 1 fully saturated rings. The first kappa shape index (κ1) is 13.0. The molecule has 0 bridgehead atoms. The third-order valence-electron chi connectivity index (χ3n) is 3.29. The summed E-state index contributed by atoms with van der Waals surface area (Å²) in [4.78, 5) is 13.9. The highest BCUT2D eigenvalue weighted by Gasteiger charge is 2.27. The molecule has 0 aromatic carbocycles. The van der Waals surface area contributed by atoms with Crippen molar-refractivity contribution in [3.63, 3.8) is 0 Å². The molecule has 1 saturated heterocycles. The summed E-state index contributed by atoms with van der Waals surface area (Å²) in [5.41, 5.74) is 5.90. The van der Waals surface area contributed by atoms with Crippen molar-refractivity contribution in [3.05, 3.63) is 24.0 Å². The van der Waals surface area contributed by atoms with E-state index in [2.05, 4.69) is 0 Å². The van der Waals surface area contributed by atoms with Crippen LogP contribution in [0.3, 0.4) is 0 Å². The summed E-state index contributed by atoms with van der Waals surface area (Å²) in [7, 11) is 0. The zero-order valence-corrected chi connectivity index (χ0v) is 10.1. The number of carbonyl (C=O) groups is 1. The largest absolute Gasteiger partial charge is 0.338 e. The smallest absolute Gasteiger partial charge is 0.270 e. The molecule has 1 aliphatic rings. The number of hydrogen-bond donors (Lipinski definition) is 1. The minimum absolute atomic E-state index is 0.184. The molecule has 1 aliphatic heterocycles. The average molecular weight is 257 g/mol. The van der Waals surface area contributed by atoms with Crippen LogP contribution in [0, 0.1) is 5.92 Å². The first-order valence-electron chi connectivity index (χ1n) is 6.04. The van der Waals surface area contributed by atoms with Gasteiger partial charge in [-0.1, -0.05) is 0 Å². The fourth-order valence-corrected chi connectivity index (χ4v) is 2.29. The molecule has 1 atom stereocenters. The second kappa shape index (κ2) is 5.48. The lowest BCUT2D eigenvalue weighted by Gasteiger charge is -2.17. The van der Waals surface area contributed by atoms with E-state index in [4.69, 9.17) is 5.73 Å². The van der Waals surface area contributed by atoms with Crippen molar-refractivity contribution in [1.29, 1.82) is 0 Å². The Morgan fingerprint density at radius 1 is 1.56 bits per heavy atom. The maximum absolute atomic E-state index is 12.4. The number of carbonyl (C=O) groups excluding carboxylic acids is 1. The molecule has 4 nitrogen and oxygen atoms in total. The van der Waals surface area contributed by atoms with Crippen molar-refractivity contribution in [2.75, 3.05) is 19.6 Å². The van der Waals surface area contributed by atoms with Crippen molar-refractivity contribution in [3.8, 4) is 0 Å². The lowest BCUT2D eigenvalue weighted by atomic mass is 10.1. The van der Waals surface area contributed by atoms with E-state index < -0.39 is 13.0 Å². The normalized spacial score (nSPS) is 19.8. The summed E-state index contributed by atoms with van der Waals surface area (Å²) in [5, 5.41) is 0. The van der Waals surface area contributed by atoms with Gasteiger partial charge < -0.3 is 15.2 Å². The molecule has 1 aromatic heterocycles. The average Bonchev–Trinajstić information content (AvgIpc) is 2.95. The van der Waals surface area contributed by atoms with Gasteiger partial charge in [0.05, 0.1) is 6.54 Å². The highest BCUT2D eigenvalue weighted by molar-refractivity contribution is 5.93. The van der Waals surface area contributed by atoms with Gasteiger partial charge in [0.25, 0.3) is 12.3 Å². The lowest BCUT2D eigenvalue weighted by molar-refractivity contribution is 0.0766. The van der Waals surface area contributed by atoms with Crippen LogP contribution in [0.2, 0.25) is 0 Å². The molecule has 18 heavy (non-hydrogen) atoms. The molecular weight excluding hydrogens is 240 g/mol. The Hall–Kier alpha value is -1.43. The fraction of sp³-hybridized carbons (Fsp3) is 0.583. The second-order valence-electron chi connectivity index (χ2n) is 4.58. The molecule has 2 N–H and O–H groups in total. The van der Waals surface area contributed by atoms with Gasteiger partial charge in [-0.25, -0.2) is 8.78 Å². The van der Waals surface area contributed by atoms with Gasteiger partial charge in [0.2, 0.25) is 0 Å². The predicted molar refractivity (Wildman–Crippen MR) is 63.5 cm³/mol. The molecule has 1 amide bonds. The molecule has 100 valence electrons. The monoisotopic (exact) mass is 257 g/mol. The predicted octanol–water partition coefficient (Wildman–Crippen LogP) is 1.17. The van der Waals surface area contributed by atoms with E-state index in [0.29, 0.717) is 31.2 Å². The minimum atomic E-state index is -2.46. The van der Waals surface area contributed by atoms with Gasteiger partial charge in [-0.2, -0.15) is 0 Å². The second-order valence-corrected chi connectivity index (χ2v) is 4.58. The number of nitrogens with two attached hydrogens (primary N) is 1. The molecule has 2 rings (SSSR count). The number of hydrogen-bond acceptors (Lipinski definition) is 2. The zero-order chi connectivity index (χ0) is 13.1. The Morgan fingerprint density at radius 3 is 2.94 bits per heavy atom. The maximum atomic E-state index is 12.4. The topological polar surface area (TPSA) is 51.3 Å². The zero-order valence-electron chi connectivity index (χ0n) is 10.1. The number of aromatic nitrogens is 1. The summed E-state index contributed by atoms with van der Waals surface area (Å²) >= 11 is 0. The van der Waals surface area contributed by atoms with Crippen LogP contribution in [0.1, 0.15) is 16.9 Å². The molecule has 2 heterocycles. The highest BCUT2D eigenvalue weighted by Crippen LogP contribution is 2.18. The van der Waals surface area contributed by atoms with Crippen LogP contribution in [-0.2, 0) is 6.54 Å². The van der Waals surface area contributed by atoms with Gasteiger partial charge >= 0.3 is 0 Å². The summed E-state index contributed by atoms with van der Waals surface area (Å²) < 4.78 is 26.1. The summed E-state index contributed by atoms with van der Waals surface area (Å²) in [6.07, 6.45) is -0.0625.